The van der Waals surface area contributed by atoms with Gasteiger partial charge in [0.15, 0.2) is 0 Å². The van der Waals surface area contributed by atoms with E-state index in [2.05, 4.69) is 33.4 Å². The number of hydrogen-bond acceptors (Lipinski definition) is 4. The summed E-state index contributed by atoms with van der Waals surface area (Å²) < 4.78 is 1.06. The van der Waals surface area contributed by atoms with E-state index >= 15 is 0 Å². The van der Waals surface area contributed by atoms with Crippen LogP contribution in [0.15, 0.2) is 53.0 Å². The zero-order valence-electron chi connectivity index (χ0n) is 14.4. The summed E-state index contributed by atoms with van der Waals surface area (Å²) in [6, 6.07) is 16.3. The van der Waals surface area contributed by atoms with Crippen molar-refractivity contribution in [3.05, 3.63) is 69.7 Å². The average Bonchev–Trinajstić information content (AvgIpc) is 2.55. The standard InChI is InChI=1S/C18H21BrN2O.4H2O/c19-17-8-5-14(6-9-17)7-10-18(22)21-12-11-15-1-3-16(13-20)4-2-15;;;;/h1-6,8-9H,7,10-13,20H2,(H,21,22);4*1H2/p-2. The Morgan fingerprint density at radius 1 is 0.846 bits per heavy atom. The van der Waals surface area contributed by atoms with Crippen LogP contribution in [0.2, 0.25) is 0 Å². The van der Waals surface area contributed by atoms with Crippen molar-refractivity contribution in [1.29, 1.82) is 0 Å². The average molecular weight is 431 g/mol. The second-order valence-electron chi connectivity index (χ2n) is 5.25. The topological polar surface area (TPSA) is 178 Å². The molecule has 0 saturated carbocycles. The number of nitrogens with two attached hydrogens (primary N) is 1. The molecule has 0 aliphatic rings. The van der Waals surface area contributed by atoms with Gasteiger partial charge in [0, 0.05) is 24.0 Å². The van der Waals surface area contributed by atoms with E-state index in [-0.39, 0.29) is 27.8 Å². The van der Waals surface area contributed by atoms with Gasteiger partial charge in [0.05, 0.1) is 0 Å². The third kappa shape index (κ3) is 10.2. The quantitative estimate of drug-likeness (QED) is 0.669. The largest absolute Gasteiger partial charge is 0.870 e. The Kier molecular flexibility index (Phi) is 17.2. The van der Waals surface area contributed by atoms with Gasteiger partial charge in [-0.1, -0.05) is 52.3 Å². The zero-order valence-corrected chi connectivity index (χ0v) is 16.0. The highest BCUT2D eigenvalue weighted by Crippen LogP contribution is 2.11. The Balaban J connectivity index is -0.00000132. The highest BCUT2D eigenvalue weighted by atomic mass is 79.9. The van der Waals surface area contributed by atoms with Crippen LogP contribution in [0.5, 0.6) is 0 Å². The molecule has 0 atom stereocenters. The van der Waals surface area contributed by atoms with Crippen molar-refractivity contribution < 1.29 is 26.7 Å². The molecule has 0 aromatic heterocycles. The van der Waals surface area contributed by atoms with E-state index in [1.807, 2.05) is 36.4 Å². The van der Waals surface area contributed by atoms with E-state index < -0.39 is 0 Å². The summed E-state index contributed by atoms with van der Waals surface area (Å²) in [5.74, 6) is 0.0986. The molecule has 0 unspecified atom stereocenters. The van der Waals surface area contributed by atoms with Crippen molar-refractivity contribution in [3.8, 4) is 0 Å². The normalized spacial score (nSPS) is 8.85. The first-order chi connectivity index (χ1) is 10.7. The molecule has 0 saturated heterocycles. The summed E-state index contributed by atoms with van der Waals surface area (Å²) >= 11 is 3.40. The van der Waals surface area contributed by atoms with Gasteiger partial charge in [0.1, 0.15) is 0 Å². The molecular weight excluding hydrogens is 404 g/mol. The molecule has 1 amide bonds. The predicted molar refractivity (Wildman–Crippen MR) is 105 cm³/mol. The number of nitrogens with one attached hydrogen (secondary N) is 1. The Labute approximate surface area is 162 Å². The monoisotopic (exact) mass is 430 g/mol. The fraction of sp³-hybridized carbons (Fsp3) is 0.278. The van der Waals surface area contributed by atoms with Gasteiger partial charge in [-0.05, 0) is 41.7 Å². The van der Waals surface area contributed by atoms with E-state index in [1.165, 1.54) is 11.1 Å². The molecule has 0 aliphatic carbocycles. The number of carbonyl (C=O) groups is 1. The Hall–Kier alpha value is -1.81. The molecule has 0 spiro atoms. The van der Waals surface area contributed by atoms with E-state index in [1.54, 1.807) is 0 Å². The van der Waals surface area contributed by atoms with Crippen LogP contribution >= 0.6 is 15.9 Å². The van der Waals surface area contributed by atoms with Crippen molar-refractivity contribution in [2.45, 2.75) is 25.8 Å². The van der Waals surface area contributed by atoms with Crippen molar-refractivity contribution in [3.63, 3.8) is 0 Å². The summed E-state index contributed by atoms with van der Waals surface area (Å²) in [4.78, 5) is 11.8. The molecule has 2 rings (SSSR count). The fourth-order valence-corrected chi connectivity index (χ4v) is 2.45. The van der Waals surface area contributed by atoms with Gasteiger partial charge in [-0.3, -0.25) is 4.79 Å². The number of benzene rings is 2. The van der Waals surface area contributed by atoms with Crippen molar-refractivity contribution in [2.24, 2.45) is 5.73 Å². The summed E-state index contributed by atoms with van der Waals surface area (Å²) in [6.07, 6.45) is 2.13. The molecule has 148 valence electrons. The maximum absolute atomic E-state index is 11.8. The Morgan fingerprint density at radius 3 is 1.85 bits per heavy atom. The van der Waals surface area contributed by atoms with Crippen molar-refractivity contribution in [2.75, 3.05) is 6.54 Å². The number of halogens is 1. The first-order valence-electron chi connectivity index (χ1n) is 7.46. The zero-order chi connectivity index (χ0) is 15.8. The number of hydrogen-bond donors (Lipinski definition) is 2. The summed E-state index contributed by atoms with van der Waals surface area (Å²) in [5, 5.41) is 2.97. The summed E-state index contributed by atoms with van der Waals surface area (Å²) in [6.45, 7) is 1.23. The van der Waals surface area contributed by atoms with E-state index in [0.717, 1.165) is 22.9 Å². The molecule has 26 heavy (non-hydrogen) atoms. The lowest BCUT2D eigenvalue weighted by molar-refractivity contribution is -0.121. The lowest BCUT2D eigenvalue weighted by Crippen LogP contribution is -2.25. The number of amides is 1. The third-order valence-electron chi connectivity index (χ3n) is 3.55. The third-order valence-corrected chi connectivity index (χ3v) is 4.08. The van der Waals surface area contributed by atoms with E-state index in [9.17, 15) is 4.79 Å². The van der Waals surface area contributed by atoms with Crippen LogP contribution in [0.3, 0.4) is 0 Å². The van der Waals surface area contributed by atoms with E-state index in [4.69, 9.17) is 5.73 Å². The highest BCUT2D eigenvalue weighted by molar-refractivity contribution is 9.10. The van der Waals surface area contributed by atoms with Crippen LogP contribution in [-0.4, -0.2) is 34.4 Å². The van der Waals surface area contributed by atoms with Crippen LogP contribution < -0.4 is 11.1 Å². The molecule has 0 aliphatic heterocycles. The molecule has 9 N–H and O–H groups in total. The van der Waals surface area contributed by atoms with Gasteiger partial charge in [0.2, 0.25) is 5.91 Å². The fourth-order valence-electron chi connectivity index (χ4n) is 2.19. The highest BCUT2D eigenvalue weighted by Gasteiger charge is 2.02. The molecule has 8 heteroatoms. The maximum atomic E-state index is 11.8. The lowest BCUT2D eigenvalue weighted by Gasteiger charge is -2.06. The van der Waals surface area contributed by atoms with Gasteiger partial charge in [-0.2, -0.15) is 0 Å². The number of aryl methyl sites for hydroxylation is 1. The minimum absolute atomic E-state index is 0. The number of carbonyl (C=O) groups excluding carboxylic acids is 1. The minimum atomic E-state index is 0. The number of rotatable bonds is 7. The molecule has 0 bridgehead atoms. The van der Waals surface area contributed by atoms with Crippen molar-refractivity contribution >= 4 is 21.8 Å². The Morgan fingerprint density at radius 2 is 1.31 bits per heavy atom. The summed E-state index contributed by atoms with van der Waals surface area (Å²) in [5.41, 5.74) is 9.09. The SMILES string of the molecule is NCc1ccc(CCNC(=O)CCc2ccc(Br)cc2)cc1.O.O.[OH-].[OH-]. The second-order valence-corrected chi connectivity index (χ2v) is 6.16. The molecule has 0 heterocycles. The van der Waals surface area contributed by atoms with E-state index in [0.29, 0.717) is 19.5 Å². The molecule has 2 aromatic carbocycles. The van der Waals surface area contributed by atoms with Crippen molar-refractivity contribution in [1.82, 2.24) is 5.32 Å². The van der Waals surface area contributed by atoms with Gasteiger partial charge in [-0.15, -0.1) is 0 Å². The second kappa shape index (κ2) is 15.4. The van der Waals surface area contributed by atoms with Crippen LogP contribution in [-0.2, 0) is 24.2 Å². The predicted octanol–water partition coefficient (Wildman–Crippen LogP) is 1.20. The maximum Gasteiger partial charge on any atom is 0.220 e. The van der Waals surface area contributed by atoms with Crippen LogP contribution in [0.1, 0.15) is 23.1 Å². The molecule has 0 fully saturated rings. The molecule has 7 nitrogen and oxygen atoms in total. The van der Waals surface area contributed by atoms with Gasteiger partial charge >= 0.3 is 0 Å². The van der Waals surface area contributed by atoms with Crippen LogP contribution in [0.4, 0.5) is 0 Å². The smallest absolute Gasteiger partial charge is 0.220 e. The minimum Gasteiger partial charge on any atom is -0.870 e. The molecule has 0 radical (unpaired) electrons. The lowest BCUT2D eigenvalue weighted by atomic mass is 10.1. The first-order valence-corrected chi connectivity index (χ1v) is 8.25. The van der Waals surface area contributed by atoms with Gasteiger partial charge in [-0.25, -0.2) is 0 Å². The van der Waals surface area contributed by atoms with Crippen LogP contribution in [0.25, 0.3) is 0 Å². The molecular formula is C18H27BrN2O5-2. The Bertz CT molecular complexity index is 606. The summed E-state index contributed by atoms with van der Waals surface area (Å²) in [7, 11) is 0. The van der Waals surface area contributed by atoms with Gasteiger partial charge < -0.3 is 33.0 Å². The first kappa shape index (κ1) is 29.0. The van der Waals surface area contributed by atoms with Crippen LogP contribution in [0, 0.1) is 0 Å². The molecule has 2 aromatic rings. The van der Waals surface area contributed by atoms with Gasteiger partial charge in [0.25, 0.3) is 0 Å².